The van der Waals surface area contributed by atoms with Crippen LogP contribution < -0.4 is 29.1 Å². The Labute approximate surface area is 254 Å². The summed E-state index contributed by atoms with van der Waals surface area (Å²) in [5.41, 5.74) is 7.47. The molecule has 10 nitrogen and oxygen atoms in total. The number of ether oxygens (including phenoxy) is 5. The van der Waals surface area contributed by atoms with Gasteiger partial charge in [-0.25, -0.2) is 10.2 Å². The molecule has 1 heterocycles. The zero-order valence-corrected chi connectivity index (χ0v) is 24.9. The van der Waals surface area contributed by atoms with E-state index in [4.69, 9.17) is 23.7 Å². The number of aromatic amines is 1. The van der Waals surface area contributed by atoms with E-state index in [0.29, 0.717) is 34.3 Å². The summed E-state index contributed by atoms with van der Waals surface area (Å²) in [5.74, 6) is 0.425. The molecule has 0 fully saturated rings. The molecule has 0 aliphatic carbocycles. The topological polar surface area (TPSA) is 120 Å². The number of rotatable bonds is 10. The zero-order valence-electron chi connectivity index (χ0n) is 24.9. The van der Waals surface area contributed by atoms with Crippen LogP contribution >= 0.6 is 0 Å². The minimum atomic E-state index is -0.654. The van der Waals surface area contributed by atoms with Crippen molar-refractivity contribution in [2.24, 2.45) is 5.10 Å². The molecule has 0 spiro atoms. The number of hydrogen-bond donors (Lipinski definition) is 2. The molecule has 1 aromatic heterocycles. The molecule has 0 atom stereocenters. The Kier molecular flexibility index (Phi) is 8.80. The van der Waals surface area contributed by atoms with Crippen molar-refractivity contribution in [2.75, 3.05) is 28.4 Å². The number of carbonyl (C=O) groups excluding carboxylic acids is 2. The van der Waals surface area contributed by atoms with Crippen molar-refractivity contribution in [2.45, 2.75) is 6.92 Å². The second-order valence-electron chi connectivity index (χ2n) is 9.70. The number of nitrogens with zero attached hydrogens (tertiary/aromatic N) is 1. The number of methoxy groups -OCH3 is 4. The number of nitrogens with one attached hydrogen (secondary N) is 2. The van der Waals surface area contributed by atoms with Crippen molar-refractivity contribution in [3.05, 3.63) is 101 Å². The first-order valence-corrected chi connectivity index (χ1v) is 13.6. The third kappa shape index (κ3) is 6.05. The summed E-state index contributed by atoms with van der Waals surface area (Å²) in [6, 6.07) is 23.6. The minimum Gasteiger partial charge on any atom is -0.493 e. The molecule has 0 aliphatic heterocycles. The maximum absolute atomic E-state index is 13.3. The number of H-pyrrole nitrogens is 1. The van der Waals surface area contributed by atoms with Crippen LogP contribution in [0.2, 0.25) is 0 Å². The van der Waals surface area contributed by atoms with E-state index in [1.807, 2.05) is 49.4 Å². The standard InChI is InChI=1S/C34H31N3O7/c1-20-11-13-25-24(15-20)30(22-9-7-6-8-10-22)31(36-25)33(38)37-35-19-21-12-14-26(27(16-21)40-2)44-34(39)23-17-28(41-3)32(43-5)29(18-23)42-4/h6-19,36H,1-5H3,(H,37,38). The quantitative estimate of drug-likeness (QED) is 0.0861. The molecule has 0 bridgehead atoms. The Hall–Kier alpha value is -5.77. The molecule has 2 N–H and O–H groups in total. The van der Waals surface area contributed by atoms with Crippen molar-refractivity contribution in [3.63, 3.8) is 0 Å². The van der Waals surface area contributed by atoms with Gasteiger partial charge in [-0.3, -0.25) is 4.79 Å². The van der Waals surface area contributed by atoms with Crippen LogP contribution in [-0.4, -0.2) is 51.5 Å². The highest BCUT2D eigenvalue weighted by atomic mass is 16.6. The van der Waals surface area contributed by atoms with E-state index in [0.717, 1.165) is 27.6 Å². The molecule has 5 rings (SSSR count). The highest BCUT2D eigenvalue weighted by Crippen LogP contribution is 2.39. The van der Waals surface area contributed by atoms with Gasteiger partial charge < -0.3 is 28.7 Å². The van der Waals surface area contributed by atoms with E-state index in [-0.39, 0.29) is 11.3 Å². The maximum atomic E-state index is 13.3. The van der Waals surface area contributed by atoms with Gasteiger partial charge in [0.25, 0.3) is 5.91 Å². The van der Waals surface area contributed by atoms with Gasteiger partial charge in [0.1, 0.15) is 5.69 Å². The number of hydrazone groups is 1. The molecule has 0 aliphatic rings. The first-order chi connectivity index (χ1) is 21.4. The summed E-state index contributed by atoms with van der Waals surface area (Å²) < 4.78 is 27.0. The monoisotopic (exact) mass is 593 g/mol. The average molecular weight is 594 g/mol. The number of amides is 1. The predicted molar refractivity (Wildman–Crippen MR) is 168 cm³/mol. The van der Waals surface area contributed by atoms with E-state index in [2.05, 4.69) is 21.6 Å². The van der Waals surface area contributed by atoms with Crippen molar-refractivity contribution in [1.82, 2.24) is 10.4 Å². The largest absolute Gasteiger partial charge is 0.493 e. The lowest BCUT2D eigenvalue weighted by atomic mass is 10.0. The van der Waals surface area contributed by atoms with Gasteiger partial charge in [-0.15, -0.1) is 0 Å². The summed E-state index contributed by atoms with van der Waals surface area (Å²) in [6.45, 7) is 2.01. The Morgan fingerprint density at radius 3 is 2.14 bits per heavy atom. The first-order valence-electron chi connectivity index (χ1n) is 13.6. The Morgan fingerprint density at radius 1 is 0.773 bits per heavy atom. The predicted octanol–water partition coefficient (Wildman–Crippen LogP) is 6.16. The van der Waals surface area contributed by atoms with Gasteiger partial charge in [0.2, 0.25) is 5.75 Å². The Bertz CT molecular complexity index is 1840. The Morgan fingerprint density at radius 2 is 1.48 bits per heavy atom. The fourth-order valence-corrected chi connectivity index (χ4v) is 4.81. The van der Waals surface area contributed by atoms with Gasteiger partial charge in [0, 0.05) is 16.5 Å². The first kappa shape index (κ1) is 29.7. The molecular formula is C34H31N3O7. The molecule has 10 heteroatoms. The summed E-state index contributed by atoms with van der Waals surface area (Å²) in [5, 5.41) is 5.11. The summed E-state index contributed by atoms with van der Waals surface area (Å²) >= 11 is 0. The number of aromatic nitrogens is 1. The number of aryl methyl sites for hydroxylation is 1. The number of esters is 1. The fraction of sp³-hybridized carbons (Fsp3) is 0.147. The summed E-state index contributed by atoms with van der Waals surface area (Å²) in [7, 11) is 5.85. The molecule has 4 aromatic carbocycles. The fourth-order valence-electron chi connectivity index (χ4n) is 4.81. The lowest BCUT2D eigenvalue weighted by Crippen LogP contribution is -2.18. The molecule has 5 aromatic rings. The molecule has 0 radical (unpaired) electrons. The molecular weight excluding hydrogens is 562 g/mol. The molecule has 0 saturated heterocycles. The Balaban J connectivity index is 1.34. The molecule has 0 unspecified atom stereocenters. The van der Waals surface area contributed by atoms with Crippen molar-refractivity contribution in [3.8, 4) is 39.9 Å². The van der Waals surface area contributed by atoms with Crippen LogP contribution in [0.4, 0.5) is 0 Å². The lowest BCUT2D eigenvalue weighted by Gasteiger charge is -2.14. The van der Waals surface area contributed by atoms with Crippen LogP contribution in [-0.2, 0) is 0 Å². The van der Waals surface area contributed by atoms with E-state index in [1.54, 1.807) is 18.2 Å². The second-order valence-corrected chi connectivity index (χ2v) is 9.70. The van der Waals surface area contributed by atoms with Crippen LogP contribution in [0.25, 0.3) is 22.0 Å². The van der Waals surface area contributed by atoms with Crippen molar-refractivity contribution < 1.29 is 33.3 Å². The van der Waals surface area contributed by atoms with Crippen LogP contribution in [0.1, 0.15) is 32.0 Å². The number of fused-ring (bicyclic) bond motifs is 1. The van der Waals surface area contributed by atoms with Crippen LogP contribution in [0.15, 0.2) is 84.0 Å². The summed E-state index contributed by atoms with van der Waals surface area (Å²) in [4.78, 5) is 29.5. The molecule has 1 amide bonds. The highest BCUT2D eigenvalue weighted by molar-refractivity contribution is 6.10. The second kappa shape index (κ2) is 13.0. The van der Waals surface area contributed by atoms with Gasteiger partial charge in [-0.05, 0) is 60.5 Å². The van der Waals surface area contributed by atoms with E-state index >= 15 is 0 Å². The van der Waals surface area contributed by atoms with E-state index in [9.17, 15) is 9.59 Å². The minimum absolute atomic E-state index is 0.188. The van der Waals surface area contributed by atoms with Gasteiger partial charge in [-0.2, -0.15) is 5.10 Å². The van der Waals surface area contributed by atoms with Crippen LogP contribution in [0.5, 0.6) is 28.7 Å². The number of hydrogen-bond acceptors (Lipinski definition) is 8. The SMILES string of the molecule is COc1cc(C=NNC(=O)c2[nH]c3ccc(C)cc3c2-c2ccccc2)ccc1OC(=O)c1cc(OC)c(OC)c(OC)c1. The normalized spacial score (nSPS) is 10.9. The third-order valence-electron chi connectivity index (χ3n) is 6.91. The van der Waals surface area contributed by atoms with Crippen molar-refractivity contribution >= 4 is 29.0 Å². The number of carbonyl (C=O) groups is 2. The zero-order chi connectivity index (χ0) is 31.2. The number of benzene rings is 4. The van der Waals surface area contributed by atoms with Gasteiger partial charge in [0.05, 0.1) is 40.2 Å². The molecule has 0 saturated carbocycles. The van der Waals surface area contributed by atoms with Crippen LogP contribution in [0, 0.1) is 6.92 Å². The van der Waals surface area contributed by atoms with Gasteiger partial charge in [-0.1, -0.05) is 42.0 Å². The van der Waals surface area contributed by atoms with E-state index < -0.39 is 11.9 Å². The third-order valence-corrected chi connectivity index (χ3v) is 6.91. The maximum Gasteiger partial charge on any atom is 0.343 e. The molecule has 44 heavy (non-hydrogen) atoms. The van der Waals surface area contributed by atoms with Gasteiger partial charge in [0.15, 0.2) is 23.0 Å². The highest BCUT2D eigenvalue weighted by Gasteiger charge is 2.21. The lowest BCUT2D eigenvalue weighted by molar-refractivity contribution is 0.0728. The smallest absolute Gasteiger partial charge is 0.343 e. The average Bonchev–Trinajstić information content (AvgIpc) is 3.43. The van der Waals surface area contributed by atoms with E-state index in [1.165, 1.54) is 46.8 Å². The summed E-state index contributed by atoms with van der Waals surface area (Å²) in [6.07, 6.45) is 1.47. The van der Waals surface area contributed by atoms with Crippen LogP contribution in [0.3, 0.4) is 0 Å². The van der Waals surface area contributed by atoms with Crippen molar-refractivity contribution in [1.29, 1.82) is 0 Å². The van der Waals surface area contributed by atoms with Gasteiger partial charge >= 0.3 is 5.97 Å². The molecule has 224 valence electrons.